The lowest BCUT2D eigenvalue weighted by atomic mass is 10.2. The van der Waals surface area contributed by atoms with Gasteiger partial charge in [-0.3, -0.25) is 4.79 Å². The molecule has 16 nitrogen and oxygen atoms in total. The molecular weight excluding hydrogens is 600 g/mol. The highest BCUT2D eigenvalue weighted by Crippen LogP contribution is 2.27. The predicted octanol–water partition coefficient (Wildman–Crippen LogP) is 2.37. The molecule has 17 heteroatoms. The van der Waals surface area contributed by atoms with Gasteiger partial charge in [0.1, 0.15) is 37.2 Å². The number of carbonyl (C=O) groups is 2. The first-order valence-electron chi connectivity index (χ1n) is 13.4. The van der Waals surface area contributed by atoms with Crippen LogP contribution in [0.4, 0.5) is 11.8 Å². The Balaban J connectivity index is 0.000000662. The van der Waals surface area contributed by atoms with E-state index in [9.17, 15) is 19.7 Å². The van der Waals surface area contributed by atoms with Gasteiger partial charge in [0.05, 0.1) is 30.3 Å². The van der Waals surface area contributed by atoms with Crippen LogP contribution in [0.2, 0.25) is 5.02 Å². The third-order valence-electron chi connectivity index (χ3n) is 6.13. The molecule has 0 saturated carbocycles. The Labute approximate surface area is 258 Å². The van der Waals surface area contributed by atoms with Gasteiger partial charge < -0.3 is 35.0 Å². The molecule has 1 aromatic carbocycles. The lowest BCUT2D eigenvalue weighted by molar-refractivity contribution is -0.758. The topological polar surface area (TPSA) is 207 Å². The van der Waals surface area contributed by atoms with Crippen molar-refractivity contribution in [3.63, 3.8) is 0 Å². The van der Waals surface area contributed by atoms with Gasteiger partial charge in [0.15, 0.2) is 0 Å². The fraction of sp³-hybridized carbons (Fsp3) is 0.407. The van der Waals surface area contributed by atoms with Crippen molar-refractivity contribution in [1.29, 1.82) is 0 Å². The van der Waals surface area contributed by atoms with Gasteiger partial charge in [-0.05, 0) is 43.5 Å². The predicted molar refractivity (Wildman–Crippen MR) is 158 cm³/mol. The largest absolute Gasteiger partial charge is 0.495 e. The minimum atomic E-state index is -0.940. The molecule has 236 valence electrons. The molecule has 3 aromatic rings. The summed E-state index contributed by atoms with van der Waals surface area (Å²) in [5.41, 5.74) is 6.47. The van der Waals surface area contributed by atoms with Crippen LogP contribution in [-0.4, -0.2) is 83.0 Å². The Kier molecular flexibility index (Phi) is 13.3. The first kappa shape index (κ1) is 33.7. The second kappa shape index (κ2) is 17.3. The average molecular weight is 633 g/mol. The van der Waals surface area contributed by atoms with Gasteiger partial charge in [0, 0.05) is 31.7 Å². The fourth-order valence-electron chi connectivity index (χ4n) is 4.03. The number of hydrogen-bond acceptors (Lipinski definition) is 14. The minimum Gasteiger partial charge on any atom is -0.495 e. The number of nitrogens with zero attached hydrogens (tertiary/aromatic N) is 6. The number of primary amides is 1. The summed E-state index contributed by atoms with van der Waals surface area (Å²) in [6.07, 6.45) is 6.37. The van der Waals surface area contributed by atoms with Crippen LogP contribution < -0.4 is 20.7 Å². The Morgan fingerprint density at radius 3 is 2.64 bits per heavy atom. The number of benzene rings is 1. The Bertz CT molecular complexity index is 1400. The summed E-state index contributed by atoms with van der Waals surface area (Å²) in [7, 11) is 1.53. The van der Waals surface area contributed by atoms with Crippen molar-refractivity contribution < 1.29 is 33.7 Å². The third kappa shape index (κ3) is 10.8. The van der Waals surface area contributed by atoms with E-state index in [4.69, 9.17) is 31.5 Å². The average Bonchev–Trinajstić information content (AvgIpc) is 3.48. The number of amides is 1. The van der Waals surface area contributed by atoms with E-state index in [1.54, 1.807) is 30.6 Å². The lowest BCUT2D eigenvalue weighted by Gasteiger charge is -2.25. The number of carbonyl (C=O) groups excluding carboxylic acids is 2. The number of nitrogens with two attached hydrogens (primary N) is 1. The summed E-state index contributed by atoms with van der Waals surface area (Å²) >= 11 is 6.19. The zero-order valence-electron chi connectivity index (χ0n) is 24.2. The van der Waals surface area contributed by atoms with Gasteiger partial charge in [0.2, 0.25) is 5.95 Å². The van der Waals surface area contributed by atoms with E-state index >= 15 is 0 Å². The Morgan fingerprint density at radius 1 is 1.23 bits per heavy atom. The molecule has 3 N–H and O–H groups in total. The zero-order valence-corrected chi connectivity index (χ0v) is 24.9. The van der Waals surface area contributed by atoms with E-state index in [0.29, 0.717) is 29.8 Å². The number of anilines is 2. The maximum absolute atomic E-state index is 11.9. The SMILES string of the molecule is COc1ccc(CNc2nc(N3CCC[C@H]3COC(=O)COCCO[N+](=O)[O-])ncc2C(N)=O)cc1Cl.Cc1ncccn1. The van der Waals surface area contributed by atoms with E-state index in [1.165, 1.54) is 13.3 Å². The Hall–Kier alpha value is -4.83. The molecule has 1 amide bonds. The summed E-state index contributed by atoms with van der Waals surface area (Å²) in [4.78, 5) is 56.5. The summed E-state index contributed by atoms with van der Waals surface area (Å²) in [6, 6.07) is 6.92. The molecule has 0 spiro atoms. The fourth-order valence-corrected chi connectivity index (χ4v) is 4.31. The van der Waals surface area contributed by atoms with Crippen LogP contribution in [0.1, 0.15) is 34.6 Å². The number of aryl methyl sites for hydroxylation is 1. The van der Waals surface area contributed by atoms with Crippen LogP contribution in [-0.2, 0) is 25.7 Å². The van der Waals surface area contributed by atoms with E-state index in [2.05, 4.69) is 30.1 Å². The number of methoxy groups -OCH3 is 1. The zero-order chi connectivity index (χ0) is 31.9. The summed E-state index contributed by atoms with van der Waals surface area (Å²) in [6.45, 7) is 2.11. The van der Waals surface area contributed by atoms with Crippen LogP contribution >= 0.6 is 11.6 Å². The normalized spacial score (nSPS) is 13.8. The van der Waals surface area contributed by atoms with Crippen molar-refractivity contribution in [1.82, 2.24) is 19.9 Å². The molecule has 3 heterocycles. The van der Waals surface area contributed by atoms with Gasteiger partial charge >= 0.3 is 5.97 Å². The molecule has 1 atom stereocenters. The molecular formula is C27H33ClN8O8. The van der Waals surface area contributed by atoms with Crippen LogP contribution in [0.3, 0.4) is 0 Å². The van der Waals surface area contributed by atoms with Crippen LogP contribution in [0.25, 0.3) is 0 Å². The molecule has 0 bridgehead atoms. The molecule has 1 fully saturated rings. The number of aromatic nitrogens is 4. The van der Waals surface area contributed by atoms with E-state index in [-0.39, 0.29) is 43.9 Å². The van der Waals surface area contributed by atoms with Crippen molar-refractivity contribution >= 4 is 35.2 Å². The number of hydrogen-bond donors (Lipinski definition) is 2. The first-order chi connectivity index (χ1) is 21.2. The molecule has 4 rings (SSSR count). The minimum absolute atomic E-state index is 0.0711. The second-order valence-electron chi connectivity index (χ2n) is 9.20. The second-order valence-corrected chi connectivity index (χ2v) is 9.60. The maximum atomic E-state index is 11.9. The quantitative estimate of drug-likeness (QED) is 0.113. The standard InChI is InChI=1S/C22H27ClN6O8.C5H6N2/c1-34-18-5-4-14(9-17(18)23)10-25-21-16(20(24)31)11-26-22(27-21)28-6-2-3-15(28)12-36-19(30)13-35-7-8-37-29(32)33;1-5-6-3-2-4-7-5/h4-5,9,11,15H,2-3,6-8,10,12-13H2,1H3,(H2,24,31)(H,25,26,27);2-4H,1H3/t15-;/m0./s1. The highest BCUT2D eigenvalue weighted by atomic mass is 35.5. The van der Waals surface area contributed by atoms with E-state index in [0.717, 1.165) is 24.2 Å². The molecule has 0 radical (unpaired) electrons. The van der Waals surface area contributed by atoms with Crippen LogP contribution in [0, 0.1) is 17.0 Å². The summed E-state index contributed by atoms with van der Waals surface area (Å²) in [5, 5.41) is 12.7. The maximum Gasteiger partial charge on any atom is 0.332 e. The molecule has 1 aliphatic rings. The molecule has 0 aliphatic carbocycles. The molecule has 1 saturated heterocycles. The number of nitrogens with one attached hydrogen (secondary N) is 1. The third-order valence-corrected chi connectivity index (χ3v) is 6.42. The van der Waals surface area contributed by atoms with Gasteiger partial charge in [-0.2, -0.15) is 4.98 Å². The lowest BCUT2D eigenvalue weighted by Crippen LogP contribution is -2.36. The number of halogens is 1. The van der Waals surface area contributed by atoms with Crippen LogP contribution in [0.5, 0.6) is 5.75 Å². The van der Waals surface area contributed by atoms with Crippen molar-refractivity contribution in [2.75, 3.05) is 50.3 Å². The highest BCUT2D eigenvalue weighted by molar-refractivity contribution is 6.32. The van der Waals surface area contributed by atoms with Gasteiger partial charge in [0.25, 0.3) is 11.0 Å². The first-order valence-corrected chi connectivity index (χ1v) is 13.8. The Morgan fingerprint density at radius 2 is 2.00 bits per heavy atom. The van der Waals surface area contributed by atoms with Gasteiger partial charge in [-0.25, -0.2) is 19.7 Å². The summed E-state index contributed by atoms with van der Waals surface area (Å²) < 4.78 is 15.4. The van der Waals surface area contributed by atoms with Gasteiger partial charge in [-0.1, -0.05) is 17.7 Å². The smallest absolute Gasteiger partial charge is 0.332 e. The number of ether oxygens (including phenoxy) is 3. The van der Waals surface area contributed by atoms with Crippen molar-refractivity contribution in [3.05, 3.63) is 74.9 Å². The molecule has 44 heavy (non-hydrogen) atoms. The van der Waals surface area contributed by atoms with Crippen molar-refractivity contribution in [2.45, 2.75) is 32.4 Å². The molecule has 1 aliphatic heterocycles. The molecule has 0 unspecified atom stereocenters. The number of rotatable bonds is 14. The van der Waals surface area contributed by atoms with Gasteiger partial charge in [-0.15, -0.1) is 10.1 Å². The molecule has 2 aromatic heterocycles. The highest BCUT2D eigenvalue weighted by Gasteiger charge is 2.29. The number of esters is 1. The summed E-state index contributed by atoms with van der Waals surface area (Å²) in [5.74, 6) is 0.687. The van der Waals surface area contributed by atoms with Crippen molar-refractivity contribution in [3.8, 4) is 5.75 Å². The van der Waals surface area contributed by atoms with E-state index < -0.39 is 17.0 Å². The van der Waals surface area contributed by atoms with Crippen LogP contribution in [0.15, 0.2) is 42.9 Å². The monoisotopic (exact) mass is 632 g/mol. The van der Waals surface area contributed by atoms with E-state index in [1.807, 2.05) is 17.9 Å². The van der Waals surface area contributed by atoms with Crippen molar-refractivity contribution in [2.24, 2.45) is 5.73 Å².